The van der Waals surface area contributed by atoms with E-state index in [4.69, 9.17) is 0 Å². The summed E-state index contributed by atoms with van der Waals surface area (Å²) in [6.45, 7) is 12.8. The molecule has 148 valence electrons. The SMILES string of the molecule is CC(=O)N1CCc2c([nH]c3ccccc23)C1CCCCN(C(C)C)C(C)C. The summed E-state index contributed by atoms with van der Waals surface area (Å²) in [5, 5.41) is 1.33. The lowest BCUT2D eigenvalue weighted by Gasteiger charge is -2.36. The van der Waals surface area contributed by atoms with Gasteiger partial charge in [-0.1, -0.05) is 18.2 Å². The summed E-state index contributed by atoms with van der Waals surface area (Å²) in [5.41, 5.74) is 3.88. The lowest BCUT2D eigenvalue weighted by atomic mass is 9.93. The summed E-state index contributed by atoms with van der Waals surface area (Å²) < 4.78 is 0. The van der Waals surface area contributed by atoms with Crippen molar-refractivity contribution in [3.63, 3.8) is 0 Å². The molecule has 1 aliphatic heterocycles. The summed E-state index contributed by atoms with van der Waals surface area (Å²) in [6.07, 6.45) is 4.29. The van der Waals surface area contributed by atoms with Crippen LogP contribution in [0.5, 0.6) is 0 Å². The predicted octanol–water partition coefficient (Wildman–Crippen LogP) is 4.90. The average Bonchev–Trinajstić information content (AvgIpc) is 2.99. The molecule has 1 unspecified atom stereocenters. The smallest absolute Gasteiger partial charge is 0.220 e. The zero-order valence-corrected chi connectivity index (χ0v) is 17.6. The van der Waals surface area contributed by atoms with Crippen molar-refractivity contribution in [2.75, 3.05) is 13.1 Å². The van der Waals surface area contributed by atoms with Crippen LogP contribution >= 0.6 is 0 Å². The van der Waals surface area contributed by atoms with E-state index in [1.54, 1.807) is 6.92 Å². The van der Waals surface area contributed by atoms with Gasteiger partial charge in [0.05, 0.1) is 6.04 Å². The lowest BCUT2D eigenvalue weighted by Crippen LogP contribution is -2.39. The highest BCUT2D eigenvalue weighted by Crippen LogP contribution is 2.37. The lowest BCUT2D eigenvalue weighted by molar-refractivity contribution is -0.132. The number of rotatable bonds is 7. The van der Waals surface area contributed by atoms with Crippen LogP contribution in [-0.2, 0) is 11.2 Å². The number of nitrogens with one attached hydrogen (secondary N) is 1. The first-order valence-corrected chi connectivity index (χ1v) is 10.5. The van der Waals surface area contributed by atoms with Gasteiger partial charge in [0.15, 0.2) is 0 Å². The van der Waals surface area contributed by atoms with Crippen LogP contribution in [0.1, 0.15) is 71.2 Å². The Hall–Kier alpha value is -1.81. The number of unbranched alkanes of at least 4 members (excludes halogenated alkanes) is 1. The Morgan fingerprint density at radius 2 is 1.89 bits per heavy atom. The van der Waals surface area contributed by atoms with Gasteiger partial charge in [-0.3, -0.25) is 9.69 Å². The highest BCUT2D eigenvalue weighted by atomic mass is 16.2. The minimum absolute atomic E-state index is 0.185. The molecule has 2 heterocycles. The molecule has 27 heavy (non-hydrogen) atoms. The van der Waals surface area contributed by atoms with Gasteiger partial charge in [0.2, 0.25) is 5.91 Å². The molecule has 1 aromatic heterocycles. The second-order valence-corrected chi connectivity index (χ2v) is 8.46. The summed E-state index contributed by atoms with van der Waals surface area (Å²) in [7, 11) is 0. The van der Waals surface area contributed by atoms with E-state index in [2.05, 4.69) is 66.7 Å². The molecule has 0 bridgehead atoms. The fourth-order valence-electron chi connectivity index (χ4n) is 4.74. The number of para-hydroxylation sites is 1. The number of H-pyrrole nitrogens is 1. The van der Waals surface area contributed by atoms with Crippen LogP contribution in [-0.4, -0.2) is 45.9 Å². The molecule has 0 aliphatic carbocycles. The van der Waals surface area contributed by atoms with Crippen LogP contribution in [0.4, 0.5) is 0 Å². The van der Waals surface area contributed by atoms with E-state index in [1.807, 2.05) is 0 Å². The van der Waals surface area contributed by atoms with Gasteiger partial charge in [0, 0.05) is 42.1 Å². The number of fused-ring (bicyclic) bond motifs is 3. The zero-order valence-electron chi connectivity index (χ0n) is 17.6. The Balaban J connectivity index is 1.73. The molecule has 4 heteroatoms. The van der Waals surface area contributed by atoms with Crippen LogP contribution < -0.4 is 0 Å². The van der Waals surface area contributed by atoms with Gasteiger partial charge >= 0.3 is 0 Å². The fourth-order valence-corrected chi connectivity index (χ4v) is 4.74. The first-order chi connectivity index (χ1) is 12.9. The standard InChI is InChI=1S/C23H35N3O/c1-16(2)25(17(3)4)14-9-8-12-22-23-20(13-15-26(22)18(5)27)19-10-6-7-11-21(19)24-23/h6-7,10-11,16-17,22,24H,8-9,12-15H2,1-5H3. The van der Waals surface area contributed by atoms with Crippen molar-refractivity contribution in [1.82, 2.24) is 14.8 Å². The molecule has 0 saturated heterocycles. The number of nitrogens with zero attached hydrogens (tertiary/aromatic N) is 2. The highest BCUT2D eigenvalue weighted by molar-refractivity contribution is 5.86. The molecular formula is C23H35N3O. The first kappa shape index (κ1) is 19.9. The van der Waals surface area contributed by atoms with Crippen molar-refractivity contribution in [3.05, 3.63) is 35.5 Å². The number of hydrogen-bond donors (Lipinski definition) is 1. The molecule has 1 aliphatic rings. The number of aromatic nitrogens is 1. The molecule has 1 amide bonds. The van der Waals surface area contributed by atoms with Gasteiger partial charge in [-0.2, -0.15) is 0 Å². The predicted molar refractivity (Wildman–Crippen MR) is 113 cm³/mol. The molecule has 1 atom stereocenters. The Kier molecular flexibility index (Phi) is 6.25. The molecule has 0 spiro atoms. The Bertz CT molecular complexity index is 769. The third-order valence-corrected chi connectivity index (χ3v) is 6.03. The number of hydrogen-bond acceptors (Lipinski definition) is 2. The highest BCUT2D eigenvalue weighted by Gasteiger charge is 2.31. The van der Waals surface area contributed by atoms with Crippen molar-refractivity contribution >= 4 is 16.8 Å². The van der Waals surface area contributed by atoms with E-state index in [0.717, 1.165) is 32.4 Å². The van der Waals surface area contributed by atoms with E-state index < -0.39 is 0 Å². The molecule has 0 radical (unpaired) electrons. The molecular weight excluding hydrogens is 334 g/mol. The van der Waals surface area contributed by atoms with E-state index in [9.17, 15) is 4.79 Å². The van der Waals surface area contributed by atoms with Crippen LogP contribution in [0.25, 0.3) is 10.9 Å². The molecule has 4 nitrogen and oxygen atoms in total. The van der Waals surface area contributed by atoms with Crippen molar-refractivity contribution < 1.29 is 4.79 Å². The first-order valence-electron chi connectivity index (χ1n) is 10.5. The number of aromatic amines is 1. The fraction of sp³-hybridized carbons (Fsp3) is 0.609. The largest absolute Gasteiger partial charge is 0.356 e. The molecule has 1 N–H and O–H groups in total. The molecule has 3 rings (SSSR count). The topological polar surface area (TPSA) is 39.3 Å². The molecule has 0 fully saturated rings. The van der Waals surface area contributed by atoms with E-state index >= 15 is 0 Å². The second-order valence-electron chi connectivity index (χ2n) is 8.46. The van der Waals surface area contributed by atoms with Crippen molar-refractivity contribution in [2.24, 2.45) is 0 Å². The van der Waals surface area contributed by atoms with Gasteiger partial charge in [-0.15, -0.1) is 0 Å². The van der Waals surface area contributed by atoms with Crippen molar-refractivity contribution in [2.45, 2.75) is 78.4 Å². The second kappa shape index (κ2) is 8.47. The quantitative estimate of drug-likeness (QED) is 0.705. The molecule has 0 saturated carbocycles. The van der Waals surface area contributed by atoms with Crippen LogP contribution in [0.2, 0.25) is 0 Å². The van der Waals surface area contributed by atoms with Gasteiger partial charge in [0.25, 0.3) is 0 Å². The normalized spacial score (nSPS) is 17.3. The van der Waals surface area contributed by atoms with Gasteiger partial charge in [-0.25, -0.2) is 0 Å². The van der Waals surface area contributed by atoms with E-state index in [-0.39, 0.29) is 11.9 Å². The Morgan fingerprint density at radius 3 is 2.56 bits per heavy atom. The van der Waals surface area contributed by atoms with Crippen LogP contribution in [0, 0.1) is 0 Å². The zero-order chi connectivity index (χ0) is 19.6. The Labute approximate surface area is 163 Å². The van der Waals surface area contributed by atoms with Crippen LogP contribution in [0.3, 0.4) is 0 Å². The van der Waals surface area contributed by atoms with Gasteiger partial charge < -0.3 is 9.88 Å². The summed E-state index contributed by atoms with van der Waals surface area (Å²) in [5.74, 6) is 0.190. The number of amides is 1. The van der Waals surface area contributed by atoms with Crippen molar-refractivity contribution in [3.8, 4) is 0 Å². The summed E-state index contributed by atoms with van der Waals surface area (Å²) in [4.78, 5) is 20.5. The minimum Gasteiger partial charge on any atom is -0.356 e. The minimum atomic E-state index is 0.185. The third kappa shape index (κ3) is 4.21. The van der Waals surface area contributed by atoms with Crippen LogP contribution in [0.15, 0.2) is 24.3 Å². The maximum absolute atomic E-state index is 12.3. The Morgan fingerprint density at radius 1 is 1.19 bits per heavy atom. The number of carbonyl (C=O) groups is 1. The van der Waals surface area contributed by atoms with Crippen molar-refractivity contribution in [1.29, 1.82) is 0 Å². The van der Waals surface area contributed by atoms with Gasteiger partial charge in [0.1, 0.15) is 0 Å². The monoisotopic (exact) mass is 369 g/mol. The average molecular weight is 370 g/mol. The van der Waals surface area contributed by atoms with Gasteiger partial charge in [-0.05, 0) is 71.6 Å². The summed E-state index contributed by atoms with van der Waals surface area (Å²) >= 11 is 0. The molecule has 2 aromatic rings. The number of carbonyl (C=O) groups excluding carboxylic acids is 1. The van der Waals surface area contributed by atoms with E-state index in [0.29, 0.717) is 12.1 Å². The number of benzene rings is 1. The molecule has 1 aromatic carbocycles. The summed E-state index contributed by atoms with van der Waals surface area (Å²) in [6, 6.07) is 9.87. The third-order valence-electron chi connectivity index (χ3n) is 6.03. The maximum Gasteiger partial charge on any atom is 0.220 e. The maximum atomic E-state index is 12.3. The van der Waals surface area contributed by atoms with E-state index in [1.165, 1.54) is 28.6 Å².